The molecule has 0 aromatic carbocycles. The largest absolute Gasteiger partial charge is 0.378 e. The van der Waals surface area contributed by atoms with Crippen LogP contribution in [-0.2, 0) is 14.2 Å². The zero-order valence-electron chi connectivity index (χ0n) is 9.65. The van der Waals surface area contributed by atoms with Crippen molar-refractivity contribution in [3.8, 4) is 0 Å². The van der Waals surface area contributed by atoms with E-state index in [0.717, 1.165) is 19.7 Å². The lowest BCUT2D eigenvalue weighted by Crippen LogP contribution is -2.35. The van der Waals surface area contributed by atoms with Crippen LogP contribution in [0.3, 0.4) is 0 Å². The number of epoxide rings is 1. The normalized spacial score (nSPS) is 21.7. The minimum absolute atomic E-state index is 0.119. The number of ether oxygens (including phenoxy) is 3. The molecule has 0 radical (unpaired) electrons. The summed E-state index contributed by atoms with van der Waals surface area (Å²) in [5.74, 6) is 0. The van der Waals surface area contributed by atoms with Gasteiger partial charge in [-0.05, 0) is 7.05 Å². The van der Waals surface area contributed by atoms with Crippen molar-refractivity contribution in [1.82, 2.24) is 4.90 Å². The van der Waals surface area contributed by atoms with Gasteiger partial charge in [-0.2, -0.15) is 0 Å². The summed E-state index contributed by atoms with van der Waals surface area (Å²) in [6.45, 7) is 7.53. The molecule has 2 atom stereocenters. The fourth-order valence-corrected chi connectivity index (χ4v) is 1.42. The summed E-state index contributed by atoms with van der Waals surface area (Å²) >= 11 is 0. The molecule has 1 aliphatic rings. The van der Waals surface area contributed by atoms with Gasteiger partial charge in [0.2, 0.25) is 0 Å². The Balaban J connectivity index is 2.09. The van der Waals surface area contributed by atoms with Crippen molar-refractivity contribution in [2.24, 2.45) is 0 Å². The standard InChI is InChI=1S/C11H21NO3/c1-4-5-14-8-10(13-3)6-12(2)7-11-9-15-11/h4,10-11H,1,5-9H2,2-3H3. The lowest BCUT2D eigenvalue weighted by atomic mass is 10.3. The highest BCUT2D eigenvalue weighted by Gasteiger charge is 2.24. The molecular weight excluding hydrogens is 194 g/mol. The van der Waals surface area contributed by atoms with E-state index in [2.05, 4.69) is 18.5 Å². The van der Waals surface area contributed by atoms with E-state index in [4.69, 9.17) is 14.2 Å². The van der Waals surface area contributed by atoms with Gasteiger partial charge in [-0.1, -0.05) is 6.08 Å². The van der Waals surface area contributed by atoms with E-state index < -0.39 is 0 Å². The zero-order valence-corrected chi connectivity index (χ0v) is 9.65. The van der Waals surface area contributed by atoms with Crippen molar-refractivity contribution >= 4 is 0 Å². The van der Waals surface area contributed by atoms with E-state index in [9.17, 15) is 0 Å². The maximum absolute atomic E-state index is 5.36. The number of likely N-dealkylation sites (N-methyl/N-ethyl adjacent to an activating group) is 1. The number of hydrogen-bond acceptors (Lipinski definition) is 4. The second-order valence-electron chi connectivity index (χ2n) is 3.86. The molecule has 4 heteroatoms. The average molecular weight is 215 g/mol. The predicted molar refractivity (Wildman–Crippen MR) is 59.1 cm³/mol. The monoisotopic (exact) mass is 215 g/mol. The molecule has 1 rings (SSSR count). The maximum Gasteiger partial charge on any atom is 0.0936 e. The Bertz CT molecular complexity index is 183. The van der Waals surface area contributed by atoms with E-state index in [-0.39, 0.29) is 6.10 Å². The SMILES string of the molecule is C=CCOCC(CN(C)CC1CO1)OC. The van der Waals surface area contributed by atoms with E-state index in [1.54, 1.807) is 13.2 Å². The van der Waals surface area contributed by atoms with Crippen LogP contribution in [0.5, 0.6) is 0 Å². The summed E-state index contributed by atoms with van der Waals surface area (Å²) in [6.07, 6.45) is 2.30. The first-order valence-corrected chi connectivity index (χ1v) is 5.27. The van der Waals surface area contributed by atoms with Gasteiger partial charge in [0.15, 0.2) is 0 Å². The van der Waals surface area contributed by atoms with Crippen LogP contribution in [0.15, 0.2) is 12.7 Å². The Labute approximate surface area is 91.8 Å². The van der Waals surface area contributed by atoms with Crippen molar-refractivity contribution in [2.45, 2.75) is 12.2 Å². The van der Waals surface area contributed by atoms with Gasteiger partial charge in [0, 0.05) is 20.2 Å². The summed E-state index contributed by atoms with van der Waals surface area (Å²) in [5, 5.41) is 0. The summed E-state index contributed by atoms with van der Waals surface area (Å²) in [5.41, 5.74) is 0. The third-order valence-corrected chi connectivity index (χ3v) is 2.31. The molecule has 15 heavy (non-hydrogen) atoms. The Hall–Kier alpha value is -0.420. The second kappa shape index (κ2) is 6.95. The number of hydrogen-bond donors (Lipinski definition) is 0. The summed E-state index contributed by atoms with van der Waals surface area (Å²) in [4.78, 5) is 2.21. The molecule has 0 aliphatic carbocycles. The lowest BCUT2D eigenvalue weighted by Gasteiger charge is -2.22. The molecule has 1 saturated heterocycles. The van der Waals surface area contributed by atoms with Crippen molar-refractivity contribution < 1.29 is 14.2 Å². The highest BCUT2D eigenvalue weighted by Crippen LogP contribution is 2.10. The molecule has 0 aromatic heterocycles. The molecule has 1 heterocycles. The molecule has 0 aromatic rings. The molecule has 2 unspecified atom stereocenters. The molecule has 88 valence electrons. The fourth-order valence-electron chi connectivity index (χ4n) is 1.42. The van der Waals surface area contributed by atoms with Gasteiger partial charge in [-0.15, -0.1) is 6.58 Å². The summed E-state index contributed by atoms with van der Waals surface area (Å²) in [7, 11) is 3.78. The third kappa shape index (κ3) is 5.89. The van der Waals surface area contributed by atoms with Crippen molar-refractivity contribution in [1.29, 1.82) is 0 Å². The number of rotatable bonds is 9. The first-order valence-electron chi connectivity index (χ1n) is 5.27. The van der Waals surface area contributed by atoms with Gasteiger partial charge in [-0.25, -0.2) is 0 Å². The lowest BCUT2D eigenvalue weighted by molar-refractivity contribution is 0.000687. The van der Waals surface area contributed by atoms with Crippen LogP contribution in [0, 0.1) is 0 Å². The number of methoxy groups -OCH3 is 1. The maximum atomic E-state index is 5.36. The molecule has 1 fully saturated rings. The van der Waals surface area contributed by atoms with Crippen LogP contribution in [-0.4, -0.2) is 64.2 Å². The van der Waals surface area contributed by atoms with Gasteiger partial charge in [-0.3, -0.25) is 0 Å². The summed E-state index contributed by atoms with van der Waals surface area (Å²) < 4.78 is 15.8. The predicted octanol–water partition coefficient (Wildman–Crippen LogP) is 0.535. The van der Waals surface area contributed by atoms with Crippen LogP contribution in [0.1, 0.15) is 0 Å². The van der Waals surface area contributed by atoms with Crippen LogP contribution >= 0.6 is 0 Å². The van der Waals surface area contributed by atoms with E-state index in [1.807, 2.05) is 0 Å². The smallest absolute Gasteiger partial charge is 0.0936 e. The molecule has 4 nitrogen and oxygen atoms in total. The van der Waals surface area contributed by atoms with Gasteiger partial charge in [0.1, 0.15) is 0 Å². The molecule has 0 N–H and O–H groups in total. The van der Waals surface area contributed by atoms with Crippen molar-refractivity contribution in [3.05, 3.63) is 12.7 Å². The Morgan fingerprint density at radius 3 is 2.93 bits per heavy atom. The highest BCUT2D eigenvalue weighted by atomic mass is 16.6. The number of nitrogens with zero attached hydrogens (tertiary/aromatic N) is 1. The fraction of sp³-hybridized carbons (Fsp3) is 0.818. The minimum atomic E-state index is 0.119. The van der Waals surface area contributed by atoms with Gasteiger partial charge in [0.05, 0.1) is 32.0 Å². The van der Waals surface area contributed by atoms with Crippen LogP contribution < -0.4 is 0 Å². The third-order valence-electron chi connectivity index (χ3n) is 2.31. The van der Waals surface area contributed by atoms with Crippen LogP contribution in [0.2, 0.25) is 0 Å². The van der Waals surface area contributed by atoms with Gasteiger partial charge < -0.3 is 19.1 Å². The molecule has 0 saturated carbocycles. The van der Waals surface area contributed by atoms with Crippen molar-refractivity contribution in [3.63, 3.8) is 0 Å². The van der Waals surface area contributed by atoms with E-state index in [0.29, 0.717) is 19.3 Å². The van der Waals surface area contributed by atoms with Gasteiger partial charge >= 0.3 is 0 Å². The molecule has 1 aliphatic heterocycles. The highest BCUT2D eigenvalue weighted by molar-refractivity contribution is 4.74. The second-order valence-corrected chi connectivity index (χ2v) is 3.86. The Morgan fingerprint density at radius 2 is 2.40 bits per heavy atom. The molecule has 0 spiro atoms. The molecule has 0 bridgehead atoms. The Kier molecular flexibility index (Phi) is 5.86. The molecule has 0 amide bonds. The zero-order chi connectivity index (χ0) is 11.1. The summed E-state index contributed by atoms with van der Waals surface area (Å²) in [6, 6.07) is 0. The minimum Gasteiger partial charge on any atom is -0.378 e. The van der Waals surface area contributed by atoms with Crippen molar-refractivity contribution in [2.75, 3.05) is 47.1 Å². The first-order chi connectivity index (χ1) is 7.26. The van der Waals surface area contributed by atoms with Crippen LogP contribution in [0.25, 0.3) is 0 Å². The van der Waals surface area contributed by atoms with E-state index >= 15 is 0 Å². The topological polar surface area (TPSA) is 34.2 Å². The van der Waals surface area contributed by atoms with Gasteiger partial charge in [0.25, 0.3) is 0 Å². The van der Waals surface area contributed by atoms with Crippen LogP contribution in [0.4, 0.5) is 0 Å². The first kappa shape index (κ1) is 12.6. The molecular formula is C11H21NO3. The van der Waals surface area contributed by atoms with E-state index in [1.165, 1.54) is 0 Å². The Morgan fingerprint density at radius 1 is 1.67 bits per heavy atom. The average Bonchev–Trinajstić information content (AvgIpc) is 3.00. The quantitative estimate of drug-likeness (QED) is 0.319.